The number of aliphatic imine (C=N–C) groups is 1. The van der Waals surface area contributed by atoms with Gasteiger partial charge in [-0.05, 0) is 51.5 Å². The number of nitrogens with one attached hydrogen (secondary N) is 2. The molecule has 0 aromatic carbocycles. The lowest BCUT2D eigenvalue weighted by molar-refractivity contribution is -0.128. The highest BCUT2D eigenvalue weighted by Gasteiger charge is 2.19. The molecule has 1 amide bonds. The highest BCUT2D eigenvalue weighted by molar-refractivity contribution is 14.0. The molecule has 3 rings (SSSR count). The minimum atomic E-state index is 0. The first kappa shape index (κ1) is 22.7. The van der Waals surface area contributed by atoms with Crippen LogP contribution in [0.1, 0.15) is 51.0 Å². The third kappa shape index (κ3) is 6.79. The van der Waals surface area contributed by atoms with E-state index in [9.17, 15) is 4.79 Å². The lowest BCUT2D eigenvalue weighted by Crippen LogP contribution is -2.44. The topological polar surface area (TPSA) is 78.9 Å². The average molecular weight is 501 g/mol. The third-order valence-corrected chi connectivity index (χ3v) is 5.05. The highest BCUT2D eigenvalue weighted by atomic mass is 127. The summed E-state index contributed by atoms with van der Waals surface area (Å²) in [6.07, 6.45) is 8.89. The van der Waals surface area contributed by atoms with Crippen molar-refractivity contribution in [2.24, 2.45) is 4.99 Å². The Bertz CT molecular complexity index is 643. The zero-order valence-electron chi connectivity index (χ0n) is 16.7. The SMILES string of the molecule is CCNC(=NCc1cccnc1OC1CCCC1)NCC(=O)N1CCCC1.I. The number of aromatic nitrogens is 1. The minimum absolute atomic E-state index is 0. The van der Waals surface area contributed by atoms with Gasteiger partial charge in [-0.25, -0.2) is 9.98 Å². The molecule has 28 heavy (non-hydrogen) atoms. The van der Waals surface area contributed by atoms with Crippen molar-refractivity contribution in [2.75, 3.05) is 26.2 Å². The molecule has 8 heteroatoms. The van der Waals surface area contributed by atoms with Crippen LogP contribution in [0.3, 0.4) is 0 Å². The molecule has 156 valence electrons. The molecule has 2 heterocycles. The fourth-order valence-electron chi connectivity index (χ4n) is 3.56. The van der Waals surface area contributed by atoms with Crippen LogP contribution in [0, 0.1) is 0 Å². The van der Waals surface area contributed by atoms with Crippen LogP contribution in [0.5, 0.6) is 5.88 Å². The summed E-state index contributed by atoms with van der Waals surface area (Å²) in [4.78, 5) is 23.2. The Hall–Kier alpha value is -1.58. The Kier molecular flexibility index (Phi) is 9.80. The molecule has 7 nitrogen and oxygen atoms in total. The second-order valence-corrected chi connectivity index (χ2v) is 7.13. The maximum absolute atomic E-state index is 12.2. The van der Waals surface area contributed by atoms with E-state index in [1.165, 1.54) is 12.8 Å². The fraction of sp³-hybridized carbons (Fsp3) is 0.650. The number of hydrogen-bond donors (Lipinski definition) is 2. The van der Waals surface area contributed by atoms with Gasteiger partial charge in [-0.3, -0.25) is 4.79 Å². The first-order valence-electron chi connectivity index (χ1n) is 10.2. The van der Waals surface area contributed by atoms with Crippen molar-refractivity contribution in [1.29, 1.82) is 0 Å². The normalized spacial score (nSPS) is 17.3. The van der Waals surface area contributed by atoms with E-state index in [-0.39, 0.29) is 42.5 Å². The number of halogens is 1. The predicted molar refractivity (Wildman–Crippen MR) is 121 cm³/mol. The van der Waals surface area contributed by atoms with Crippen LogP contribution < -0.4 is 15.4 Å². The van der Waals surface area contributed by atoms with Crippen molar-refractivity contribution < 1.29 is 9.53 Å². The average Bonchev–Trinajstić information content (AvgIpc) is 3.39. The minimum Gasteiger partial charge on any atom is -0.474 e. The smallest absolute Gasteiger partial charge is 0.241 e. The van der Waals surface area contributed by atoms with Crippen molar-refractivity contribution in [3.05, 3.63) is 23.9 Å². The van der Waals surface area contributed by atoms with E-state index in [1.807, 2.05) is 24.0 Å². The van der Waals surface area contributed by atoms with Gasteiger partial charge in [0.1, 0.15) is 6.10 Å². The Balaban J connectivity index is 0.00000280. The van der Waals surface area contributed by atoms with Crippen LogP contribution in [0.2, 0.25) is 0 Å². The molecule has 0 bridgehead atoms. The molecule has 0 spiro atoms. The van der Waals surface area contributed by atoms with Crippen LogP contribution in [-0.4, -0.2) is 54.0 Å². The molecule has 2 fully saturated rings. The van der Waals surface area contributed by atoms with Gasteiger partial charge < -0.3 is 20.3 Å². The molecule has 1 aliphatic carbocycles. The summed E-state index contributed by atoms with van der Waals surface area (Å²) in [5.74, 6) is 1.45. The van der Waals surface area contributed by atoms with E-state index in [0.717, 1.165) is 50.9 Å². The van der Waals surface area contributed by atoms with E-state index < -0.39 is 0 Å². The second-order valence-electron chi connectivity index (χ2n) is 7.13. The van der Waals surface area contributed by atoms with Crippen LogP contribution in [0.25, 0.3) is 0 Å². The lowest BCUT2D eigenvalue weighted by Gasteiger charge is -2.17. The van der Waals surface area contributed by atoms with Crippen LogP contribution in [0.4, 0.5) is 0 Å². The van der Waals surface area contributed by atoms with Gasteiger partial charge in [0.25, 0.3) is 0 Å². The summed E-state index contributed by atoms with van der Waals surface area (Å²) in [6, 6.07) is 3.91. The number of likely N-dealkylation sites (tertiary alicyclic amines) is 1. The monoisotopic (exact) mass is 501 g/mol. The van der Waals surface area contributed by atoms with Crippen molar-refractivity contribution in [2.45, 2.75) is 58.1 Å². The van der Waals surface area contributed by atoms with Gasteiger partial charge in [-0.15, -0.1) is 24.0 Å². The van der Waals surface area contributed by atoms with Crippen molar-refractivity contribution in [1.82, 2.24) is 20.5 Å². The van der Waals surface area contributed by atoms with Crippen molar-refractivity contribution in [3.63, 3.8) is 0 Å². The number of hydrogen-bond acceptors (Lipinski definition) is 4. The summed E-state index contributed by atoms with van der Waals surface area (Å²) < 4.78 is 6.08. The molecule has 1 saturated carbocycles. The van der Waals surface area contributed by atoms with Gasteiger partial charge in [-0.1, -0.05) is 6.07 Å². The number of carbonyl (C=O) groups is 1. The van der Waals surface area contributed by atoms with Gasteiger partial charge in [-0.2, -0.15) is 0 Å². The zero-order chi connectivity index (χ0) is 18.9. The number of pyridine rings is 1. The van der Waals surface area contributed by atoms with Gasteiger partial charge >= 0.3 is 0 Å². The van der Waals surface area contributed by atoms with E-state index in [1.54, 1.807) is 6.20 Å². The Morgan fingerprint density at radius 3 is 2.71 bits per heavy atom. The van der Waals surface area contributed by atoms with Gasteiger partial charge in [0.15, 0.2) is 5.96 Å². The summed E-state index contributed by atoms with van der Waals surface area (Å²) in [6.45, 7) is 5.21. The quantitative estimate of drug-likeness (QED) is 0.341. The molecular formula is C20H32IN5O2. The maximum Gasteiger partial charge on any atom is 0.241 e. The predicted octanol–water partition coefficient (Wildman–Crippen LogP) is 2.70. The van der Waals surface area contributed by atoms with E-state index >= 15 is 0 Å². The molecule has 2 N–H and O–H groups in total. The van der Waals surface area contributed by atoms with Crippen LogP contribution in [-0.2, 0) is 11.3 Å². The third-order valence-electron chi connectivity index (χ3n) is 5.05. The summed E-state index contributed by atoms with van der Waals surface area (Å²) >= 11 is 0. The number of amides is 1. The van der Waals surface area contributed by atoms with E-state index in [4.69, 9.17) is 4.74 Å². The summed E-state index contributed by atoms with van der Waals surface area (Å²) in [5, 5.41) is 6.34. The molecule has 1 aromatic heterocycles. The lowest BCUT2D eigenvalue weighted by atomic mass is 10.2. The van der Waals surface area contributed by atoms with Gasteiger partial charge in [0, 0.05) is 31.4 Å². The van der Waals surface area contributed by atoms with Gasteiger partial charge in [0.05, 0.1) is 13.1 Å². The Morgan fingerprint density at radius 1 is 1.25 bits per heavy atom. The number of rotatable bonds is 7. The first-order chi connectivity index (χ1) is 13.3. The molecule has 0 radical (unpaired) electrons. The number of carbonyl (C=O) groups excluding carboxylic acids is 1. The molecule has 1 aliphatic heterocycles. The van der Waals surface area contributed by atoms with Crippen molar-refractivity contribution in [3.8, 4) is 5.88 Å². The van der Waals surface area contributed by atoms with Crippen LogP contribution in [0.15, 0.2) is 23.3 Å². The standard InChI is InChI=1S/C20H31N5O2.HI/c1-2-21-20(24-15-18(26)25-12-5-6-13-25)23-14-16-8-7-11-22-19(16)27-17-9-3-4-10-17;/h7-8,11,17H,2-6,9-10,12-15H2,1H3,(H2,21,23,24);1H. The Labute approximate surface area is 184 Å². The highest BCUT2D eigenvalue weighted by Crippen LogP contribution is 2.25. The second kappa shape index (κ2) is 12.1. The van der Waals surface area contributed by atoms with E-state index in [2.05, 4.69) is 20.6 Å². The number of nitrogens with zero attached hydrogens (tertiary/aromatic N) is 3. The molecule has 2 aliphatic rings. The zero-order valence-corrected chi connectivity index (χ0v) is 19.0. The fourth-order valence-corrected chi connectivity index (χ4v) is 3.56. The van der Waals surface area contributed by atoms with Crippen LogP contribution >= 0.6 is 24.0 Å². The number of guanidine groups is 1. The molecular weight excluding hydrogens is 469 g/mol. The maximum atomic E-state index is 12.2. The molecule has 0 atom stereocenters. The Morgan fingerprint density at radius 2 is 2.00 bits per heavy atom. The molecule has 0 unspecified atom stereocenters. The van der Waals surface area contributed by atoms with E-state index in [0.29, 0.717) is 18.4 Å². The number of ether oxygens (including phenoxy) is 1. The first-order valence-corrected chi connectivity index (χ1v) is 10.2. The summed E-state index contributed by atoms with van der Waals surface area (Å²) in [7, 11) is 0. The molecule has 1 saturated heterocycles. The summed E-state index contributed by atoms with van der Waals surface area (Å²) in [5.41, 5.74) is 0.965. The van der Waals surface area contributed by atoms with Crippen molar-refractivity contribution >= 4 is 35.8 Å². The largest absolute Gasteiger partial charge is 0.474 e. The van der Waals surface area contributed by atoms with Gasteiger partial charge in [0.2, 0.25) is 11.8 Å². The molecule has 1 aromatic rings.